The maximum atomic E-state index is 12.1. The SMILES string of the molecule is C[NH+]1CCN(C2=NC(=O)/C(=C/c3ccc(C(=O)[O-])cc3)S2)CC1. The molecule has 0 saturated carbocycles. The number of likely N-dealkylation sites (N-methyl/N-ethyl adjacent to an activating group) is 1. The molecule has 6 nitrogen and oxygen atoms in total. The van der Waals surface area contributed by atoms with E-state index >= 15 is 0 Å². The number of hydrogen-bond acceptors (Lipinski definition) is 5. The van der Waals surface area contributed by atoms with E-state index in [0.29, 0.717) is 4.91 Å². The lowest BCUT2D eigenvalue weighted by atomic mass is 10.1. The molecule has 1 aromatic carbocycles. The fraction of sp³-hybridized carbons (Fsp3) is 0.312. The first-order valence-corrected chi connectivity index (χ1v) is 8.25. The number of aromatic carboxylic acids is 1. The molecule has 0 bridgehead atoms. The van der Waals surface area contributed by atoms with E-state index in [1.165, 1.54) is 28.8 Å². The Morgan fingerprint density at radius 1 is 1.30 bits per heavy atom. The molecule has 7 heteroatoms. The van der Waals surface area contributed by atoms with Crippen molar-refractivity contribution in [3.05, 3.63) is 40.3 Å². The van der Waals surface area contributed by atoms with Gasteiger partial charge in [0.1, 0.15) is 0 Å². The minimum absolute atomic E-state index is 0.120. The molecule has 0 unspecified atom stereocenters. The topological polar surface area (TPSA) is 77.2 Å². The lowest BCUT2D eigenvalue weighted by Crippen LogP contribution is -3.12. The van der Waals surface area contributed by atoms with Gasteiger partial charge in [-0.2, -0.15) is 4.99 Å². The molecule has 0 spiro atoms. The van der Waals surface area contributed by atoms with Gasteiger partial charge in [0, 0.05) is 0 Å². The average molecular weight is 331 g/mol. The highest BCUT2D eigenvalue weighted by atomic mass is 32.2. The Bertz CT molecular complexity index is 689. The van der Waals surface area contributed by atoms with Gasteiger partial charge < -0.3 is 19.7 Å². The second-order valence-electron chi connectivity index (χ2n) is 5.66. The van der Waals surface area contributed by atoms with E-state index in [-0.39, 0.29) is 11.5 Å². The lowest BCUT2D eigenvalue weighted by molar-refractivity contribution is -0.883. The number of carboxylic acids is 1. The highest BCUT2D eigenvalue weighted by Crippen LogP contribution is 2.30. The smallest absolute Gasteiger partial charge is 0.286 e. The summed E-state index contributed by atoms with van der Waals surface area (Å²) in [5, 5.41) is 11.5. The molecule has 0 aromatic heterocycles. The summed E-state index contributed by atoms with van der Waals surface area (Å²) in [4.78, 5) is 31.1. The van der Waals surface area contributed by atoms with Crippen LogP contribution < -0.4 is 10.0 Å². The number of piperazine rings is 1. The third-order valence-electron chi connectivity index (χ3n) is 3.94. The Labute approximate surface area is 138 Å². The molecular formula is C16H17N3O3S. The first-order chi connectivity index (χ1) is 11.0. The maximum absolute atomic E-state index is 12.1. The summed E-state index contributed by atoms with van der Waals surface area (Å²) in [5.41, 5.74) is 0.888. The maximum Gasteiger partial charge on any atom is 0.286 e. The van der Waals surface area contributed by atoms with Gasteiger partial charge in [0.25, 0.3) is 5.91 Å². The van der Waals surface area contributed by atoms with E-state index in [1.807, 2.05) is 0 Å². The van der Waals surface area contributed by atoms with Crippen LogP contribution in [0.1, 0.15) is 15.9 Å². The van der Waals surface area contributed by atoms with Crippen LogP contribution in [-0.2, 0) is 4.79 Å². The molecule has 0 radical (unpaired) electrons. The number of nitrogens with zero attached hydrogens (tertiary/aromatic N) is 2. The minimum Gasteiger partial charge on any atom is -0.545 e. The molecule has 120 valence electrons. The van der Waals surface area contributed by atoms with Gasteiger partial charge in [-0.1, -0.05) is 24.3 Å². The number of quaternary nitrogens is 1. The molecule has 1 fully saturated rings. The normalized spacial score (nSPS) is 20.9. The Balaban J connectivity index is 1.70. The minimum atomic E-state index is -1.21. The van der Waals surface area contributed by atoms with Crippen molar-refractivity contribution in [2.45, 2.75) is 0 Å². The van der Waals surface area contributed by atoms with Gasteiger partial charge >= 0.3 is 0 Å². The number of rotatable bonds is 2. The van der Waals surface area contributed by atoms with E-state index in [2.05, 4.69) is 16.9 Å². The van der Waals surface area contributed by atoms with Crippen LogP contribution in [0.5, 0.6) is 0 Å². The van der Waals surface area contributed by atoms with Gasteiger partial charge in [-0.25, -0.2) is 0 Å². The Morgan fingerprint density at radius 2 is 1.96 bits per heavy atom. The van der Waals surface area contributed by atoms with Crippen LogP contribution in [0.3, 0.4) is 0 Å². The lowest BCUT2D eigenvalue weighted by Gasteiger charge is -2.30. The number of benzene rings is 1. The zero-order chi connectivity index (χ0) is 16.4. The van der Waals surface area contributed by atoms with Gasteiger partial charge in [-0.3, -0.25) is 4.79 Å². The number of nitrogens with one attached hydrogen (secondary N) is 1. The highest BCUT2D eigenvalue weighted by Gasteiger charge is 2.28. The van der Waals surface area contributed by atoms with Crippen molar-refractivity contribution < 1.29 is 19.6 Å². The van der Waals surface area contributed by atoms with Crippen molar-refractivity contribution in [2.75, 3.05) is 33.2 Å². The van der Waals surface area contributed by atoms with Crippen LogP contribution in [0.15, 0.2) is 34.2 Å². The number of carbonyl (C=O) groups excluding carboxylic acids is 2. The first-order valence-electron chi connectivity index (χ1n) is 7.43. The second kappa shape index (κ2) is 6.55. The van der Waals surface area contributed by atoms with Crippen molar-refractivity contribution in [1.82, 2.24) is 4.90 Å². The molecular weight excluding hydrogens is 314 g/mol. The summed E-state index contributed by atoms with van der Waals surface area (Å²) >= 11 is 1.38. The summed E-state index contributed by atoms with van der Waals surface area (Å²) in [6, 6.07) is 6.25. The molecule has 1 saturated heterocycles. The van der Waals surface area contributed by atoms with Crippen LogP contribution in [0, 0.1) is 0 Å². The highest BCUT2D eigenvalue weighted by molar-refractivity contribution is 8.18. The Hall–Kier alpha value is -2.12. The molecule has 2 aliphatic rings. The average Bonchev–Trinajstić information content (AvgIpc) is 2.89. The molecule has 1 N–H and O–H groups in total. The molecule has 3 rings (SSSR count). The number of aliphatic imine (C=N–C) groups is 1. The predicted octanol–water partition coefficient (Wildman–Crippen LogP) is -1.15. The fourth-order valence-electron chi connectivity index (χ4n) is 2.48. The molecule has 1 aromatic rings. The van der Waals surface area contributed by atoms with Gasteiger partial charge in [-0.15, -0.1) is 0 Å². The predicted molar refractivity (Wildman–Crippen MR) is 87.0 cm³/mol. The summed E-state index contributed by atoms with van der Waals surface area (Å²) < 4.78 is 0. The van der Waals surface area contributed by atoms with E-state index in [0.717, 1.165) is 36.9 Å². The monoisotopic (exact) mass is 331 g/mol. The van der Waals surface area contributed by atoms with Crippen LogP contribution in [0.4, 0.5) is 0 Å². The summed E-state index contributed by atoms with van der Waals surface area (Å²) in [6.45, 7) is 3.88. The van der Waals surface area contributed by atoms with Gasteiger partial charge in [-0.05, 0) is 29.0 Å². The number of carboxylic acid groups (broad SMARTS) is 1. The van der Waals surface area contributed by atoms with Gasteiger partial charge in [0.05, 0.1) is 44.1 Å². The Morgan fingerprint density at radius 3 is 2.57 bits per heavy atom. The molecule has 2 aliphatic heterocycles. The first kappa shape index (κ1) is 15.8. The van der Waals surface area contributed by atoms with E-state index in [1.54, 1.807) is 18.2 Å². The molecule has 0 atom stereocenters. The van der Waals surface area contributed by atoms with E-state index in [9.17, 15) is 14.7 Å². The largest absolute Gasteiger partial charge is 0.545 e. The van der Waals surface area contributed by atoms with E-state index in [4.69, 9.17) is 0 Å². The zero-order valence-corrected chi connectivity index (χ0v) is 13.6. The van der Waals surface area contributed by atoms with Crippen LogP contribution >= 0.6 is 11.8 Å². The third-order valence-corrected chi connectivity index (χ3v) is 4.99. The summed E-state index contributed by atoms with van der Waals surface area (Å²) in [6.07, 6.45) is 1.74. The standard InChI is InChI=1S/C16H17N3O3S/c1-18-6-8-19(9-7-18)16-17-14(20)13(23-16)10-11-2-4-12(5-3-11)15(21)22/h2-5,10H,6-9H2,1H3,(H,21,22)/b13-10-. The van der Waals surface area contributed by atoms with E-state index < -0.39 is 5.97 Å². The van der Waals surface area contributed by atoms with Crippen molar-refractivity contribution in [3.63, 3.8) is 0 Å². The number of carbonyl (C=O) groups is 2. The van der Waals surface area contributed by atoms with Crippen molar-refractivity contribution in [2.24, 2.45) is 4.99 Å². The third kappa shape index (κ3) is 3.62. The number of amides is 1. The van der Waals surface area contributed by atoms with Gasteiger partial charge in [0.15, 0.2) is 5.17 Å². The summed E-state index contributed by atoms with van der Waals surface area (Å²) in [5.74, 6) is -1.45. The fourth-order valence-corrected chi connectivity index (χ4v) is 3.44. The molecule has 23 heavy (non-hydrogen) atoms. The molecule has 1 amide bonds. The zero-order valence-electron chi connectivity index (χ0n) is 12.7. The van der Waals surface area contributed by atoms with Crippen molar-refractivity contribution >= 4 is 34.9 Å². The molecule has 2 heterocycles. The summed E-state index contributed by atoms with van der Waals surface area (Å²) in [7, 11) is 2.16. The number of amidine groups is 1. The second-order valence-corrected chi connectivity index (χ2v) is 6.67. The van der Waals surface area contributed by atoms with Crippen LogP contribution in [0.25, 0.3) is 6.08 Å². The molecule has 0 aliphatic carbocycles. The van der Waals surface area contributed by atoms with Crippen molar-refractivity contribution in [3.8, 4) is 0 Å². The van der Waals surface area contributed by atoms with Gasteiger partial charge in [0.2, 0.25) is 0 Å². The van der Waals surface area contributed by atoms with Crippen LogP contribution in [0.2, 0.25) is 0 Å². The quantitative estimate of drug-likeness (QED) is 0.693. The van der Waals surface area contributed by atoms with Crippen molar-refractivity contribution in [1.29, 1.82) is 0 Å². The number of thioether (sulfide) groups is 1. The number of hydrogen-bond donors (Lipinski definition) is 1. The van der Waals surface area contributed by atoms with Crippen LogP contribution in [-0.4, -0.2) is 55.2 Å². The Kier molecular flexibility index (Phi) is 4.49.